The second kappa shape index (κ2) is 7.74. The number of amides is 1. The van der Waals surface area contributed by atoms with E-state index in [1.807, 2.05) is 13.8 Å². The average Bonchev–Trinajstić information content (AvgIpc) is 3.16. The van der Waals surface area contributed by atoms with Gasteiger partial charge in [0, 0.05) is 0 Å². The fraction of sp³-hybridized carbons (Fsp3) is 0.412. The molecule has 1 aromatic heterocycles. The van der Waals surface area contributed by atoms with E-state index in [-0.39, 0.29) is 11.5 Å². The van der Waals surface area contributed by atoms with Gasteiger partial charge in [0.05, 0.1) is 17.3 Å². The van der Waals surface area contributed by atoms with Crippen molar-refractivity contribution in [2.45, 2.75) is 39.3 Å². The van der Waals surface area contributed by atoms with Gasteiger partial charge in [0.2, 0.25) is 0 Å². The zero-order valence-corrected chi connectivity index (χ0v) is 15.0. The minimum atomic E-state index is -1.04. The third kappa shape index (κ3) is 4.22. The van der Waals surface area contributed by atoms with E-state index in [4.69, 9.17) is 4.74 Å². The Morgan fingerprint density at radius 2 is 1.92 bits per heavy atom. The number of hydrogen-bond acceptors (Lipinski definition) is 7. The first-order valence-electron chi connectivity index (χ1n) is 8.04. The summed E-state index contributed by atoms with van der Waals surface area (Å²) in [6.45, 7) is 6.74. The molecule has 0 saturated heterocycles. The fourth-order valence-corrected chi connectivity index (χ4v) is 1.97. The van der Waals surface area contributed by atoms with Crippen LogP contribution >= 0.6 is 0 Å². The quantitative estimate of drug-likeness (QED) is 0.773. The van der Waals surface area contributed by atoms with Crippen LogP contribution in [0.25, 0.3) is 5.69 Å². The molecule has 0 bridgehead atoms. The van der Waals surface area contributed by atoms with Crippen LogP contribution in [0.4, 0.5) is 0 Å². The number of nitriles is 1. The summed E-state index contributed by atoms with van der Waals surface area (Å²) in [7, 11) is 0. The van der Waals surface area contributed by atoms with Crippen LogP contribution in [0, 0.1) is 17.2 Å². The molecule has 2 aromatic rings. The molecule has 2 rings (SSSR count). The highest BCUT2D eigenvalue weighted by Gasteiger charge is 2.32. The number of carbonyl (C=O) groups is 2. The number of carbonyl (C=O) groups excluding carboxylic acids is 2. The van der Waals surface area contributed by atoms with Crippen molar-refractivity contribution in [2.75, 3.05) is 0 Å². The number of aromatic nitrogens is 4. The lowest BCUT2D eigenvalue weighted by atomic mass is 9.90. The van der Waals surface area contributed by atoms with Crippen LogP contribution in [0.5, 0.6) is 0 Å². The Morgan fingerprint density at radius 3 is 2.42 bits per heavy atom. The van der Waals surface area contributed by atoms with Gasteiger partial charge in [0.15, 0.2) is 6.10 Å². The van der Waals surface area contributed by atoms with E-state index >= 15 is 0 Å². The average molecular weight is 356 g/mol. The molecule has 0 radical (unpaired) electrons. The van der Waals surface area contributed by atoms with E-state index in [1.54, 1.807) is 31.2 Å². The second-order valence-corrected chi connectivity index (χ2v) is 6.31. The molecular weight excluding hydrogens is 336 g/mol. The topological polar surface area (TPSA) is 123 Å². The van der Waals surface area contributed by atoms with Gasteiger partial charge in [-0.25, -0.2) is 9.48 Å². The zero-order chi connectivity index (χ0) is 19.3. The highest BCUT2D eigenvalue weighted by atomic mass is 16.5. The van der Waals surface area contributed by atoms with Crippen molar-refractivity contribution in [2.24, 2.45) is 5.92 Å². The number of hydrogen-bond donors (Lipinski definition) is 1. The fourth-order valence-electron chi connectivity index (χ4n) is 1.97. The van der Waals surface area contributed by atoms with Crippen molar-refractivity contribution < 1.29 is 14.3 Å². The van der Waals surface area contributed by atoms with E-state index < -0.39 is 23.5 Å². The van der Waals surface area contributed by atoms with Crippen LogP contribution in [0.1, 0.15) is 38.1 Å². The number of nitrogens with zero attached hydrogens (tertiary/aromatic N) is 5. The summed E-state index contributed by atoms with van der Waals surface area (Å²) < 4.78 is 6.64. The summed E-state index contributed by atoms with van der Waals surface area (Å²) in [5.74, 6) is -1.27. The maximum absolute atomic E-state index is 12.2. The molecule has 2 atom stereocenters. The number of ether oxygens (including phenoxy) is 1. The Balaban J connectivity index is 2.00. The monoisotopic (exact) mass is 356 g/mol. The molecule has 9 heteroatoms. The maximum atomic E-state index is 12.2. The van der Waals surface area contributed by atoms with Crippen LogP contribution < -0.4 is 5.32 Å². The molecule has 0 aliphatic rings. The number of benzene rings is 1. The van der Waals surface area contributed by atoms with Crippen LogP contribution in [-0.4, -0.2) is 43.7 Å². The summed E-state index contributed by atoms with van der Waals surface area (Å²) >= 11 is 0. The van der Waals surface area contributed by atoms with Gasteiger partial charge >= 0.3 is 5.97 Å². The van der Waals surface area contributed by atoms with Gasteiger partial charge in [-0.3, -0.25) is 4.79 Å². The summed E-state index contributed by atoms with van der Waals surface area (Å²) in [4.78, 5) is 24.4. The Morgan fingerprint density at radius 1 is 1.27 bits per heavy atom. The summed E-state index contributed by atoms with van der Waals surface area (Å²) in [5, 5.41) is 22.7. The Kier molecular flexibility index (Phi) is 5.67. The van der Waals surface area contributed by atoms with Gasteiger partial charge in [0.1, 0.15) is 11.9 Å². The van der Waals surface area contributed by atoms with Gasteiger partial charge in [-0.05, 0) is 54.5 Å². The van der Waals surface area contributed by atoms with Crippen LogP contribution in [0.2, 0.25) is 0 Å². The highest BCUT2D eigenvalue weighted by Crippen LogP contribution is 2.16. The Labute approximate surface area is 151 Å². The lowest BCUT2D eigenvalue weighted by Gasteiger charge is -2.28. The smallest absolute Gasteiger partial charge is 0.338 e. The normalized spacial score (nSPS) is 14.2. The van der Waals surface area contributed by atoms with E-state index in [2.05, 4.69) is 26.9 Å². The van der Waals surface area contributed by atoms with E-state index in [0.29, 0.717) is 5.69 Å². The Hall–Kier alpha value is -3.28. The summed E-state index contributed by atoms with van der Waals surface area (Å²) in [6, 6.07) is 8.50. The minimum Gasteiger partial charge on any atom is -0.449 e. The molecule has 0 saturated carbocycles. The van der Waals surface area contributed by atoms with E-state index in [1.165, 1.54) is 17.9 Å². The molecule has 1 amide bonds. The lowest BCUT2D eigenvalue weighted by molar-refractivity contribution is -0.130. The molecular formula is C17H20N6O3. The highest BCUT2D eigenvalue weighted by molar-refractivity contribution is 5.92. The first-order chi connectivity index (χ1) is 12.3. The maximum Gasteiger partial charge on any atom is 0.338 e. The molecule has 1 N–H and O–H groups in total. The lowest BCUT2D eigenvalue weighted by Crippen LogP contribution is -2.52. The van der Waals surface area contributed by atoms with Crippen LogP contribution in [0.3, 0.4) is 0 Å². The van der Waals surface area contributed by atoms with Gasteiger partial charge < -0.3 is 10.1 Å². The zero-order valence-electron chi connectivity index (χ0n) is 15.0. The van der Waals surface area contributed by atoms with E-state index in [0.717, 1.165) is 0 Å². The number of tetrazole rings is 1. The van der Waals surface area contributed by atoms with Crippen molar-refractivity contribution in [1.82, 2.24) is 25.5 Å². The first kappa shape index (κ1) is 19.1. The molecule has 0 spiro atoms. The molecule has 136 valence electrons. The summed E-state index contributed by atoms with van der Waals surface area (Å²) in [5.41, 5.74) is -0.0713. The number of rotatable bonds is 6. The minimum absolute atomic E-state index is 0.0989. The molecule has 26 heavy (non-hydrogen) atoms. The Bertz CT molecular complexity index is 810. The van der Waals surface area contributed by atoms with Crippen LogP contribution in [-0.2, 0) is 9.53 Å². The van der Waals surface area contributed by atoms with Gasteiger partial charge in [0.25, 0.3) is 5.91 Å². The molecule has 0 aliphatic carbocycles. The molecule has 0 fully saturated rings. The van der Waals surface area contributed by atoms with Crippen molar-refractivity contribution in [3.8, 4) is 11.8 Å². The van der Waals surface area contributed by atoms with Crippen molar-refractivity contribution in [3.05, 3.63) is 36.2 Å². The third-order valence-corrected chi connectivity index (χ3v) is 4.14. The first-order valence-corrected chi connectivity index (χ1v) is 8.04. The van der Waals surface area contributed by atoms with Crippen molar-refractivity contribution in [1.29, 1.82) is 5.26 Å². The van der Waals surface area contributed by atoms with Crippen LogP contribution in [0.15, 0.2) is 30.6 Å². The SMILES string of the molecule is CC(C)[C@](C)(C#N)NC(=O)[C@H](C)OC(=O)c1ccc(-n2cnnn2)cc1. The van der Waals surface area contributed by atoms with Crippen molar-refractivity contribution in [3.63, 3.8) is 0 Å². The molecule has 1 aromatic carbocycles. The predicted molar refractivity (Wildman–Crippen MR) is 91.0 cm³/mol. The molecule has 0 aliphatic heterocycles. The standard InChI is InChI=1S/C17H20N6O3/c1-11(2)17(4,9-18)20-15(24)12(3)26-16(25)13-5-7-14(8-6-13)23-10-19-21-22-23/h5-8,10-12H,1-4H3,(H,20,24)/t12-,17-/m0/s1. The van der Waals surface area contributed by atoms with Gasteiger partial charge in [-0.2, -0.15) is 5.26 Å². The van der Waals surface area contributed by atoms with Gasteiger partial charge in [-0.15, -0.1) is 5.10 Å². The second-order valence-electron chi connectivity index (χ2n) is 6.31. The van der Waals surface area contributed by atoms with Gasteiger partial charge in [-0.1, -0.05) is 13.8 Å². The third-order valence-electron chi connectivity index (χ3n) is 4.14. The van der Waals surface area contributed by atoms with E-state index in [9.17, 15) is 14.9 Å². The number of esters is 1. The largest absolute Gasteiger partial charge is 0.449 e. The van der Waals surface area contributed by atoms with Crippen molar-refractivity contribution >= 4 is 11.9 Å². The molecule has 1 heterocycles. The number of nitrogens with one attached hydrogen (secondary N) is 1. The predicted octanol–water partition coefficient (Wildman–Crippen LogP) is 1.26. The summed E-state index contributed by atoms with van der Waals surface area (Å²) in [6.07, 6.45) is 0.397. The molecule has 9 nitrogen and oxygen atoms in total. The molecule has 0 unspecified atom stereocenters.